The van der Waals surface area contributed by atoms with Gasteiger partial charge < -0.3 is 20.1 Å². The minimum Gasteiger partial charge on any atom is -0.491 e. The van der Waals surface area contributed by atoms with Crippen molar-refractivity contribution < 1.29 is 14.3 Å². The molecule has 0 saturated carbocycles. The number of hydrogen-bond acceptors (Lipinski definition) is 4. The Balaban J connectivity index is 1.37. The van der Waals surface area contributed by atoms with Gasteiger partial charge in [-0.3, -0.25) is 4.79 Å². The van der Waals surface area contributed by atoms with Crippen molar-refractivity contribution in [1.29, 1.82) is 0 Å². The minimum atomic E-state index is 0.0809. The number of carbonyl (C=O) groups excluding carboxylic acids is 1. The predicted molar refractivity (Wildman–Crippen MR) is 116 cm³/mol. The largest absolute Gasteiger partial charge is 0.491 e. The first-order valence-electron chi connectivity index (χ1n) is 10.6. The van der Waals surface area contributed by atoms with E-state index < -0.39 is 0 Å². The van der Waals surface area contributed by atoms with E-state index in [4.69, 9.17) is 9.47 Å². The number of anilines is 1. The van der Waals surface area contributed by atoms with E-state index in [1.165, 1.54) is 12.8 Å². The van der Waals surface area contributed by atoms with E-state index >= 15 is 0 Å². The molecule has 5 nitrogen and oxygen atoms in total. The van der Waals surface area contributed by atoms with E-state index in [-0.39, 0.29) is 5.91 Å². The molecule has 1 heterocycles. The van der Waals surface area contributed by atoms with E-state index in [1.807, 2.05) is 54.6 Å². The van der Waals surface area contributed by atoms with Gasteiger partial charge in [0.05, 0.1) is 13.2 Å². The predicted octanol–water partition coefficient (Wildman–Crippen LogP) is 4.25. The summed E-state index contributed by atoms with van der Waals surface area (Å²) >= 11 is 0. The summed E-state index contributed by atoms with van der Waals surface area (Å²) in [5.74, 6) is 1.91. The first kappa shape index (κ1) is 21.3. The Morgan fingerprint density at radius 2 is 2.03 bits per heavy atom. The molecule has 2 aromatic carbocycles. The van der Waals surface area contributed by atoms with E-state index in [0.29, 0.717) is 38.1 Å². The van der Waals surface area contributed by atoms with E-state index in [2.05, 4.69) is 17.6 Å². The topological polar surface area (TPSA) is 59.6 Å². The average molecular weight is 397 g/mol. The molecule has 1 aliphatic rings. The van der Waals surface area contributed by atoms with Crippen molar-refractivity contribution in [3.63, 3.8) is 0 Å². The van der Waals surface area contributed by atoms with Crippen LogP contribution in [-0.2, 0) is 16.1 Å². The second-order valence-electron chi connectivity index (χ2n) is 7.75. The molecule has 2 aromatic rings. The van der Waals surface area contributed by atoms with Crippen molar-refractivity contribution in [1.82, 2.24) is 5.32 Å². The van der Waals surface area contributed by atoms with Gasteiger partial charge in [0.1, 0.15) is 12.4 Å². The summed E-state index contributed by atoms with van der Waals surface area (Å²) < 4.78 is 11.3. The third kappa shape index (κ3) is 7.52. The molecule has 2 N–H and O–H groups in total. The lowest BCUT2D eigenvalue weighted by atomic mass is 9.85. The number of benzene rings is 2. The molecule has 0 aliphatic carbocycles. The normalized spacial score (nSPS) is 17.5. The van der Waals surface area contributed by atoms with E-state index in [0.717, 1.165) is 30.1 Å². The number of piperidine rings is 1. The zero-order valence-corrected chi connectivity index (χ0v) is 17.2. The van der Waals surface area contributed by atoms with Gasteiger partial charge in [-0.05, 0) is 67.6 Å². The van der Waals surface area contributed by atoms with Gasteiger partial charge in [0.2, 0.25) is 5.91 Å². The molecule has 156 valence electrons. The number of nitrogens with one attached hydrogen (secondary N) is 2. The molecular formula is C24H32N2O3. The quantitative estimate of drug-likeness (QED) is 0.590. The van der Waals surface area contributed by atoms with Gasteiger partial charge in [0, 0.05) is 12.1 Å². The minimum absolute atomic E-state index is 0.0809. The van der Waals surface area contributed by atoms with Crippen molar-refractivity contribution in [3.8, 4) is 5.75 Å². The summed E-state index contributed by atoms with van der Waals surface area (Å²) in [7, 11) is 0. The first-order chi connectivity index (χ1) is 14.2. The molecule has 1 aliphatic heterocycles. The van der Waals surface area contributed by atoms with E-state index in [1.54, 1.807) is 0 Å². The summed E-state index contributed by atoms with van der Waals surface area (Å²) in [6, 6.07) is 17.6. The van der Waals surface area contributed by atoms with Crippen LogP contribution >= 0.6 is 0 Å². The first-order valence-corrected chi connectivity index (χ1v) is 10.6. The Labute approximate surface area is 173 Å². The Hall–Kier alpha value is -2.37. The number of para-hydroxylation sites is 1. The second-order valence-corrected chi connectivity index (χ2v) is 7.75. The van der Waals surface area contributed by atoms with Crippen LogP contribution in [0.5, 0.6) is 5.75 Å². The van der Waals surface area contributed by atoms with Gasteiger partial charge >= 0.3 is 0 Å². The molecule has 2 atom stereocenters. The van der Waals surface area contributed by atoms with Gasteiger partial charge in [0.15, 0.2) is 0 Å². The van der Waals surface area contributed by atoms with Crippen LogP contribution in [-0.4, -0.2) is 32.2 Å². The van der Waals surface area contributed by atoms with Crippen LogP contribution in [0.2, 0.25) is 0 Å². The molecule has 29 heavy (non-hydrogen) atoms. The van der Waals surface area contributed by atoms with Crippen LogP contribution in [0.1, 0.15) is 31.7 Å². The third-order valence-corrected chi connectivity index (χ3v) is 5.37. The van der Waals surface area contributed by atoms with Crippen molar-refractivity contribution >= 4 is 11.6 Å². The lowest BCUT2D eigenvalue weighted by Gasteiger charge is -2.28. The highest BCUT2D eigenvalue weighted by molar-refractivity contribution is 5.90. The Kier molecular flexibility index (Phi) is 8.53. The van der Waals surface area contributed by atoms with Crippen LogP contribution in [0.3, 0.4) is 0 Å². The van der Waals surface area contributed by atoms with Crippen molar-refractivity contribution in [2.45, 2.75) is 32.8 Å². The SMILES string of the molecule is CC(CC(=O)Nc1cccc(COCCOc2ccccc2)c1)C1CCCNC1. The number of amides is 1. The highest BCUT2D eigenvalue weighted by Crippen LogP contribution is 2.23. The molecule has 0 aromatic heterocycles. The molecule has 0 bridgehead atoms. The van der Waals surface area contributed by atoms with Crippen LogP contribution in [0.4, 0.5) is 5.69 Å². The van der Waals surface area contributed by atoms with Crippen LogP contribution < -0.4 is 15.4 Å². The maximum atomic E-state index is 12.4. The molecule has 5 heteroatoms. The maximum absolute atomic E-state index is 12.4. The van der Waals surface area contributed by atoms with Gasteiger partial charge in [-0.25, -0.2) is 0 Å². The smallest absolute Gasteiger partial charge is 0.224 e. The van der Waals surface area contributed by atoms with Crippen molar-refractivity contribution in [2.24, 2.45) is 11.8 Å². The lowest BCUT2D eigenvalue weighted by Crippen LogP contribution is -2.34. The Morgan fingerprint density at radius 1 is 1.17 bits per heavy atom. The highest BCUT2D eigenvalue weighted by atomic mass is 16.5. The fraction of sp³-hybridized carbons (Fsp3) is 0.458. The molecule has 2 unspecified atom stereocenters. The van der Waals surface area contributed by atoms with Crippen LogP contribution in [0, 0.1) is 11.8 Å². The molecule has 1 fully saturated rings. The Morgan fingerprint density at radius 3 is 2.83 bits per heavy atom. The maximum Gasteiger partial charge on any atom is 0.224 e. The molecule has 3 rings (SSSR count). The van der Waals surface area contributed by atoms with Crippen LogP contribution in [0.15, 0.2) is 54.6 Å². The monoisotopic (exact) mass is 396 g/mol. The molecule has 1 amide bonds. The van der Waals surface area contributed by atoms with Crippen molar-refractivity contribution in [3.05, 3.63) is 60.2 Å². The van der Waals surface area contributed by atoms with Gasteiger partial charge in [0.25, 0.3) is 0 Å². The van der Waals surface area contributed by atoms with Gasteiger partial charge in [-0.15, -0.1) is 0 Å². The second kappa shape index (κ2) is 11.6. The van der Waals surface area contributed by atoms with E-state index in [9.17, 15) is 4.79 Å². The summed E-state index contributed by atoms with van der Waals surface area (Å²) in [4.78, 5) is 12.4. The third-order valence-electron chi connectivity index (χ3n) is 5.37. The number of carbonyl (C=O) groups is 1. The van der Waals surface area contributed by atoms with Gasteiger partial charge in [-0.1, -0.05) is 37.3 Å². The fourth-order valence-electron chi connectivity index (χ4n) is 3.70. The average Bonchev–Trinajstić information content (AvgIpc) is 2.75. The number of hydrogen-bond donors (Lipinski definition) is 2. The summed E-state index contributed by atoms with van der Waals surface area (Å²) in [6.07, 6.45) is 2.97. The molecular weight excluding hydrogens is 364 g/mol. The fourth-order valence-corrected chi connectivity index (χ4v) is 3.70. The summed E-state index contributed by atoms with van der Waals surface area (Å²) in [5, 5.41) is 6.47. The number of ether oxygens (including phenoxy) is 2. The number of rotatable bonds is 10. The molecule has 1 saturated heterocycles. The zero-order valence-electron chi connectivity index (χ0n) is 17.2. The van der Waals surface area contributed by atoms with Crippen LogP contribution in [0.25, 0.3) is 0 Å². The van der Waals surface area contributed by atoms with Gasteiger partial charge in [-0.2, -0.15) is 0 Å². The Bertz CT molecular complexity index is 745. The summed E-state index contributed by atoms with van der Waals surface area (Å²) in [6.45, 7) is 5.82. The molecule has 0 spiro atoms. The lowest BCUT2D eigenvalue weighted by molar-refractivity contribution is -0.117. The van der Waals surface area contributed by atoms with Crippen molar-refractivity contribution in [2.75, 3.05) is 31.6 Å². The highest BCUT2D eigenvalue weighted by Gasteiger charge is 2.22. The zero-order chi connectivity index (χ0) is 20.3. The standard InChI is InChI=1S/C24H32N2O3/c1-19(21-8-6-12-25-17-21)15-24(27)26-22-9-5-7-20(16-22)18-28-13-14-29-23-10-3-2-4-11-23/h2-5,7,9-11,16,19,21,25H,6,8,12-15,17-18H2,1H3,(H,26,27). The molecule has 0 radical (unpaired) electrons. The summed E-state index contributed by atoms with van der Waals surface area (Å²) in [5.41, 5.74) is 1.86.